The van der Waals surface area contributed by atoms with Gasteiger partial charge in [-0.15, -0.1) is 24.0 Å². The molecule has 0 spiro atoms. The Morgan fingerprint density at radius 2 is 1.91 bits per heavy atom. The second-order valence-corrected chi connectivity index (χ2v) is 5.87. The maximum Gasteiger partial charge on any atom is 0.191 e. The van der Waals surface area contributed by atoms with Crippen LogP contribution in [0, 0.1) is 5.92 Å². The number of benzene rings is 1. The highest BCUT2D eigenvalue weighted by Crippen LogP contribution is 2.30. The lowest BCUT2D eigenvalue weighted by Crippen LogP contribution is -2.37. The molecule has 0 bridgehead atoms. The summed E-state index contributed by atoms with van der Waals surface area (Å²) in [6, 6.07) is 6.07. The van der Waals surface area contributed by atoms with Gasteiger partial charge in [-0.3, -0.25) is 4.99 Å². The van der Waals surface area contributed by atoms with Gasteiger partial charge in [0.05, 0.1) is 13.2 Å². The summed E-state index contributed by atoms with van der Waals surface area (Å²) in [5.74, 6) is 3.18. The average molecular weight is 433 g/mol. The summed E-state index contributed by atoms with van der Waals surface area (Å²) in [7, 11) is 1.79. The van der Waals surface area contributed by atoms with E-state index in [1.165, 1.54) is 0 Å². The van der Waals surface area contributed by atoms with Crippen molar-refractivity contribution in [3.8, 4) is 11.5 Å². The van der Waals surface area contributed by atoms with Gasteiger partial charge in [-0.2, -0.15) is 0 Å². The fourth-order valence-corrected chi connectivity index (χ4v) is 2.20. The fraction of sp³-hybridized carbons (Fsp3) is 0.588. The molecule has 5 nitrogen and oxygen atoms in total. The number of rotatable bonds is 5. The molecule has 130 valence electrons. The quantitative estimate of drug-likeness (QED) is 0.426. The van der Waals surface area contributed by atoms with Gasteiger partial charge in [-0.25, -0.2) is 0 Å². The molecule has 1 aromatic rings. The first kappa shape index (κ1) is 19.9. The zero-order valence-corrected chi connectivity index (χ0v) is 16.6. The predicted octanol–water partition coefficient (Wildman–Crippen LogP) is 3.18. The third-order valence-electron chi connectivity index (χ3n) is 3.51. The predicted molar refractivity (Wildman–Crippen MR) is 105 cm³/mol. The molecule has 1 aliphatic rings. The third kappa shape index (κ3) is 6.85. The van der Waals surface area contributed by atoms with Crippen LogP contribution in [0.4, 0.5) is 0 Å². The van der Waals surface area contributed by atoms with Crippen LogP contribution >= 0.6 is 24.0 Å². The fourth-order valence-electron chi connectivity index (χ4n) is 2.20. The summed E-state index contributed by atoms with van der Waals surface area (Å²) < 4.78 is 11.4. The summed E-state index contributed by atoms with van der Waals surface area (Å²) in [5.41, 5.74) is 1.15. The molecule has 0 saturated heterocycles. The van der Waals surface area contributed by atoms with Crippen LogP contribution in [0.25, 0.3) is 0 Å². The number of halogens is 1. The minimum Gasteiger partial charge on any atom is -0.490 e. The Labute approximate surface area is 156 Å². The maximum atomic E-state index is 5.71. The molecule has 2 rings (SSSR count). The van der Waals surface area contributed by atoms with Crippen LogP contribution in [0.15, 0.2) is 23.2 Å². The van der Waals surface area contributed by atoms with Gasteiger partial charge in [-0.05, 0) is 30.0 Å². The van der Waals surface area contributed by atoms with Crippen molar-refractivity contribution in [2.45, 2.75) is 33.2 Å². The van der Waals surface area contributed by atoms with E-state index in [2.05, 4.69) is 35.5 Å². The van der Waals surface area contributed by atoms with Gasteiger partial charge in [0.2, 0.25) is 0 Å². The number of fused-ring (bicyclic) bond motifs is 1. The van der Waals surface area contributed by atoms with E-state index in [1.807, 2.05) is 12.1 Å². The molecule has 0 unspecified atom stereocenters. The molecule has 6 heteroatoms. The molecular weight excluding hydrogens is 405 g/mol. The Morgan fingerprint density at radius 3 is 2.61 bits per heavy atom. The minimum atomic E-state index is 0. The van der Waals surface area contributed by atoms with E-state index < -0.39 is 0 Å². The van der Waals surface area contributed by atoms with E-state index in [1.54, 1.807) is 7.05 Å². The second kappa shape index (κ2) is 10.6. The van der Waals surface area contributed by atoms with Gasteiger partial charge in [0.1, 0.15) is 0 Å². The van der Waals surface area contributed by atoms with Crippen molar-refractivity contribution in [3.63, 3.8) is 0 Å². The topological polar surface area (TPSA) is 54.9 Å². The zero-order valence-electron chi connectivity index (χ0n) is 14.2. The van der Waals surface area contributed by atoms with E-state index in [0.29, 0.717) is 19.1 Å². The Kier molecular flexibility index (Phi) is 9.13. The first-order chi connectivity index (χ1) is 10.7. The summed E-state index contributed by atoms with van der Waals surface area (Å²) in [6.07, 6.45) is 2.05. The van der Waals surface area contributed by atoms with Crippen molar-refractivity contribution in [2.75, 3.05) is 26.8 Å². The molecule has 2 N–H and O–H groups in total. The van der Waals surface area contributed by atoms with Crippen LogP contribution in [-0.2, 0) is 6.54 Å². The van der Waals surface area contributed by atoms with Crippen LogP contribution in [0.1, 0.15) is 32.3 Å². The Balaban J connectivity index is 0.00000264. The number of aliphatic imine (C=N–C) groups is 1. The smallest absolute Gasteiger partial charge is 0.191 e. The molecule has 0 fully saturated rings. The lowest BCUT2D eigenvalue weighted by atomic mass is 10.1. The number of guanidine groups is 1. The summed E-state index contributed by atoms with van der Waals surface area (Å²) in [6.45, 7) is 7.50. The third-order valence-corrected chi connectivity index (χ3v) is 3.51. The van der Waals surface area contributed by atoms with Gasteiger partial charge < -0.3 is 20.1 Å². The molecule has 0 atom stereocenters. The van der Waals surface area contributed by atoms with E-state index in [9.17, 15) is 0 Å². The molecule has 1 heterocycles. The standard InChI is InChI=1S/C17H27N3O2.HI/c1-13(2)7-8-19-17(18-3)20-12-14-5-6-15-16(11-14)22-10-4-9-21-15;/h5-6,11,13H,4,7-10,12H2,1-3H3,(H2,18,19,20);1H. The van der Waals surface area contributed by atoms with Crippen LogP contribution in [0.2, 0.25) is 0 Å². The second-order valence-electron chi connectivity index (χ2n) is 5.87. The molecule has 0 aliphatic carbocycles. The van der Waals surface area contributed by atoms with Crippen LogP contribution < -0.4 is 20.1 Å². The van der Waals surface area contributed by atoms with Gasteiger partial charge in [-0.1, -0.05) is 19.9 Å². The first-order valence-electron chi connectivity index (χ1n) is 8.02. The van der Waals surface area contributed by atoms with Crippen LogP contribution in [0.3, 0.4) is 0 Å². The molecule has 1 aliphatic heterocycles. The van der Waals surface area contributed by atoms with Gasteiger partial charge in [0, 0.05) is 26.6 Å². The SMILES string of the molecule is CN=C(NCCC(C)C)NCc1ccc2c(c1)OCCCO2.I. The van der Waals surface area contributed by atoms with Crippen molar-refractivity contribution >= 4 is 29.9 Å². The van der Waals surface area contributed by atoms with Crippen LogP contribution in [0.5, 0.6) is 11.5 Å². The van der Waals surface area contributed by atoms with Crippen LogP contribution in [-0.4, -0.2) is 32.8 Å². The van der Waals surface area contributed by atoms with Gasteiger partial charge in [0.15, 0.2) is 17.5 Å². The summed E-state index contributed by atoms with van der Waals surface area (Å²) in [5, 5.41) is 6.65. The average Bonchev–Trinajstić information content (AvgIpc) is 2.75. The summed E-state index contributed by atoms with van der Waals surface area (Å²) >= 11 is 0. The van der Waals surface area contributed by atoms with Crippen molar-refractivity contribution in [1.29, 1.82) is 0 Å². The largest absolute Gasteiger partial charge is 0.490 e. The molecule has 0 saturated carbocycles. The van der Waals surface area contributed by atoms with Crippen molar-refractivity contribution in [2.24, 2.45) is 10.9 Å². The van der Waals surface area contributed by atoms with Crippen molar-refractivity contribution in [3.05, 3.63) is 23.8 Å². The van der Waals surface area contributed by atoms with E-state index in [-0.39, 0.29) is 24.0 Å². The molecule has 0 radical (unpaired) electrons. The normalized spacial score (nSPS) is 14.0. The Morgan fingerprint density at radius 1 is 1.17 bits per heavy atom. The minimum absolute atomic E-state index is 0. The Hall–Kier alpha value is -1.18. The maximum absolute atomic E-state index is 5.71. The lowest BCUT2D eigenvalue weighted by molar-refractivity contribution is 0.297. The molecule has 23 heavy (non-hydrogen) atoms. The monoisotopic (exact) mass is 433 g/mol. The Bertz CT molecular complexity index is 507. The highest BCUT2D eigenvalue weighted by atomic mass is 127. The highest BCUT2D eigenvalue weighted by Gasteiger charge is 2.10. The highest BCUT2D eigenvalue weighted by molar-refractivity contribution is 14.0. The first-order valence-corrected chi connectivity index (χ1v) is 8.02. The molecule has 0 aromatic heterocycles. The van der Waals surface area contributed by atoms with Crippen molar-refractivity contribution in [1.82, 2.24) is 10.6 Å². The van der Waals surface area contributed by atoms with Crippen molar-refractivity contribution < 1.29 is 9.47 Å². The molecular formula is C17H28IN3O2. The van der Waals surface area contributed by atoms with E-state index >= 15 is 0 Å². The number of hydrogen-bond donors (Lipinski definition) is 2. The van der Waals surface area contributed by atoms with E-state index in [4.69, 9.17) is 9.47 Å². The van der Waals surface area contributed by atoms with Gasteiger partial charge in [0.25, 0.3) is 0 Å². The van der Waals surface area contributed by atoms with E-state index in [0.717, 1.165) is 49.0 Å². The number of ether oxygens (including phenoxy) is 2. The zero-order chi connectivity index (χ0) is 15.8. The molecule has 1 aromatic carbocycles. The van der Waals surface area contributed by atoms with Gasteiger partial charge >= 0.3 is 0 Å². The lowest BCUT2D eigenvalue weighted by Gasteiger charge is -2.14. The molecule has 0 amide bonds. The summed E-state index contributed by atoms with van der Waals surface area (Å²) in [4.78, 5) is 4.24. The number of nitrogens with zero attached hydrogens (tertiary/aromatic N) is 1. The number of hydrogen-bond acceptors (Lipinski definition) is 3. The number of nitrogens with one attached hydrogen (secondary N) is 2.